The van der Waals surface area contributed by atoms with Gasteiger partial charge >= 0.3 is 0 Å². The summed E-state index contributed by atoms with van der Waals surface area (Å²) in [5.41, 5.74) is 6.56. The van der Waals surface area contributed by atoms with Crippen molar-refractivity contribution in [1.29, 1.82) is 0 Å². The average molecular weight is 247 g/mol. The summed E-state index contributed by atoms with van der Waals surface area (Å²) < 4.78 is 0. The normalized spacial score (nSPS) is 10.4. The summed E-state index contributed by atoms with van der Waals surface area (Å²) in [6, 6.07) is 6.57. The third kappa shape index (κ3) is 3.03. The second-order valence-electron chi connectivity index (χ2n) is 3.92. The van der Waals surface area contributed by atoms with E-state index < -0.39 is 4.92 Å². The monoisotopic (exact) mass is 247 g/mol. The third-order valence-electron chi connectivity index (χ3n) is 2.58. The number of nitrogens with zero attached hydrogens (tertiary/aromatic N) is 3. The van der Waals surface area contributed by atoms with Gasteiger partial charge in [-0.3, -0.25) is 15.2 Å². The first kappa shape index (κ1) is 12.0. The van der Waals surface area contributed by atoms with Gasteiger partial charge in [0.2, 0.25) is 5.95 Å². The van der Waals surface area contributed by atoms with Gasteiger partial charge in [-0.1, -0.05) is 12.1 Å². The number of hydrogen-bond donors (Lipinski definition) is 2. The van der Waals surface area contributed by atoms with Crippen molar-refractivity contribution in [2.45, 2.75) is 19.3 Å². The molecule has 18 heavy (non-hydrogen) atoms. The number of nitrogens with two attached hydrogens (primary N) is 1. The Bertz CT molecular complexity index is 535. The molecule has 94 valence electrons. The molecule has 0 radical (unpaired) electrons. The van der Waals surface area contributed by atoms with E-state index in [1.807, 2.05) is 0 Å². The first-order valence-electron chi connectivity index (χ1n) is 5.55. The van der Waals surface area contributed by atoms with E-state index in [2.05, 4.69) is 15.2 Å². The molecule has 0 bridgehead atoms. The van der Waals surface area contributed by atoms with Gasteiger partial charge in [-0.2, -0.15) is 4.98 Å². The summed E-state index contributed by atoms with van der Waals surface area (Å²) >= 11 is 0. The minimum absolute atomic E-state index is 0.113. The predicted molar refractivity (Wildman–Crippen MR) is 65.9 cm³/mol. The molecule has 0 aliphatic carbocycles. The van der Waals surface area contributed by atoms with Crippen molar-refractivity contribution in [3.8, 4) is 0 Å². The maximum absolute atomic E-state index is 10.5. The Morgan fingerprint density at radius 1 is 1.28 bits per heavy atom. The van der Waals surface area contributed by atoms with Crippen LogP contribution in [0.1, 0.15) is 17.8 Å². The van der Waals surface area contributed by atoms with Gasteiger partial charge in [0, 0.05) is 18.6 Å². The predicted octanol–water partition coefficient (Wildman–Crippen LogP) is 1.47. The fourth-order valence-electron chi connectivity index (χ4n) is 1.67. The fourth-order valence-corrected chi connectivity index (χ4v) is 1.67. The summed E-state index contributed by atoms with van der Waals surface area (Å²) in [5.74, 6) is 1.01. The lowest BCUT2D eigenvalue weighted by molar-refractivity contribution is -0.384. The highest BCUT2D eigenvalue weighted by molar-refractivity contribution is 5.32. The number of hydrogen-bond acceptors (Lipinski definition) is 5. The molecule has 0 aliphatic heterocycles. The standard InChI is InChI=1S/C11H13N5O2/c12-11-13-10(14-15-11)3-1-2-8-4-6-9(7-5-8)16(17)18/h4-7H,1-3H2,(H3,12,13,14,15). The van der Waals surface area contributed by atoms with Crippen LogP contribution in [-0.4, -0.2) is 20.1 Å². The molecule has 0 spiro atoms. The number of aromatic amines is 1. The minimum Gasteiger partial charge on any atom is -0.367 e. The number of anilines is 1. The van der Waals surface area contributed by atoms with Crippen LogP contribution in [0.5, 0.6) is 0 Å². The van der Waals surface area contributed by atoms with E-state index in [0.29, 0.717) is 0 Å². The molecule has 0 atom stereocenters. The van der Waals surface area contributed by atoms with Crippen molar-refractivity contribution >= 4 is 11.6 Å². The Kier molecular flexibility index (Phi) is 3.52. The number of nitro groups is 1. The quantitative estimate of drug-likeness (QED) is 0.614. The summed E-state index contributed by atoms with van der Waals surface area (Å²) in [4.78, 5) is 14.1. The lowest BCUT2D eigenvalue weighted by Gasteiger charge is -1.99. The van der Waals surface area contributed by atoms with E-state index in [0.717, 1.165) is 30.7 Å². The molecule has 0 saturated carbocycles. The van der Waals surface area contributed by atoms with Crippen molar-refractivity contribution in [1.82, 2.24) is 15.2 Å². The van der Waals surface area contributed by atoms with Crippen LogP contribution in [0.15, 0.2) is 24.3 Å². The van der Waals surface area contributed by atoms with Crippen LogP contribution >= 0.6 is 0 Å². The molecule has 0 amide bonds. The maximum atomic E-state index is 10.5. The van der Waals surface area contributed by atoms with E-state index in [1.165, 1.54) is 12.1 Å². The van der Waals surface area contributed by atoms with Crippen LogP contribution in [0.3, 0.4) is 0 Å². The Balaban J connectivity index is 1.85. The second kappa shape index (κ2) is 5.26. The SMILES string of the molecule is Nc1n[nH]c(CCCc2ccc([N+](=O)[O-])cc2)n1. The van der Waals surface area contributed by atoms with Crippen molar-refractivity contribution in [2.24, 2.45) is 0 Å². The van der Waals surface area contributed by atoms with Crippen molar-refractivity contribution in [2.75, 3.05) is 5.73 Å². The Morgan fingerprint density at radius 3 is 2.56 bits per heavy atom. The minimum atomic E-state index is -0.402. The molecule has 2 aromatic rings. The van der Waals surface area contributed by atoms with E-state index >= 15 is 0 Å². The van der Waals surface area contributed by atoms with Crippen LogP contribution in [0.2, 0.25) is 0 Å². The molecule has 1 aromatic heterocycles. The van der Waals surface area contributed by atoms with Crippen molar-refractivity contribution in [3.05, 3.63) is 45.8 Å². The van der Waals surface area contributed by atoms with Crippen LogP contribution in [0.25, 0.3) is 0 Å². The van der Waals surface area contributed by atoms with Crippen molar-refractivity contribution < 1.29 is 4.92 Å². The van der Waals surface area contributed by atoms with Gasteiger partial charge in [0.05, 0.1) is 4.92 Å². The molecule has 7 heteroatoms. The molecule has 1 aromatic carbocycles. The fraction of sp³-hybridized carbons (Fsp3) is 0.273. The first-order valence-corrected chi connectivity index (χ1v) is 5.55. The lowest BCUT2D eigenvalue weighted by atomic mass is 10.1. The van der Waals surface area contributed by atoms with Gasteiger partial charge in [-0.25, -0.2) is 0 Å². The largest absolute Gasteiger partial charge is 0.367 e. The molecule has 3 N–H and O–H groups in total. The summed E-state index contributed by atoms with van der Waals surface area (Å²) in [7, 11) is 0. The van der Waals surface area contributed by atoms with Gasteiger partial charge in [-0.15, -0.1) is 5.10 Å². The topological polar surface area (TPSA) is 111 Å². The molecule has 0 unspecified atom stereocenters. The molecule has 7 nitrogen and oxygen atoms in total. The van der Waals surface area contributed by atoms with Crippen LogP contribution in [-0.2, 0) is 12.8 Å². The van der Waals surface area contributed by atoms with Crippen LogP contribution < -0.4 is 5.73 Å². The molecule has 0 fully saturated rings. The number of H-pyrrole nitrogens is 1. The van der Waals surface area contributed by atoms with E-state index in [4.69, 9.17) is 5.73 Å². The van der Waals surface area contributed by atoms with Crippen LogP contribution in [0, 0.1) is 10.1 Å². The average Bonchev–Trinajstić information content (AvgIpc) is 2.76. The van der Waals surface area contributed by atoms with Crippen molar-refractivity contribution in [3.63, 3.8) is 0 Å². The molecular formula is C11H13N5O2. The summed E-state index contributed by atoms with van der Waals surface area (Å²) in [5, 5.41) is 17.0. The van der Waals surface area contributed by atoms with Gasteiger partial charge in [0.1, 0.15) is 5.82 Å². The zero-order chi connectivity index (χ0) is 13.0. The highest BCUT2D eigenvalue weighted by Crippen LogP contribution is 2.13. The molecule has 1 heterocycles. The summed E-state index contributed by atoms with van der Waals surface area (Å²) in [6.45, 7) is 0. The third-order valence-corrected chi connectivity index (χ3v) is 2.58. The molecular weight excluding hydrogens is 234 g/mol. The summed E-state index contributed by atoms with van der Waals surface area (Å²) in [6.07, 6.45) is 2.46. The van der Waals surface area contributed by atoms with Gasteiger partial charge in [0.25, 0.3) is 5.69 Å². The van der Waals surface area contributed by atoms with E-state index in [1.54, 1.807) is 12.1 Å². The molecule has 2 rings (SSSR count). The zero-order valence-electron chi connectivity index (χ0n) is 9.67. The Hall–Kier alpha value is -2.44. The lowest BCUT2D eigenvalue weighted by Crippen LogP contribution is -1.93. The number of aromatic nitrogens is 3. The molecule has 0 saturated heterocycles. The highest BCUT2D eigenvalue weighted by atomic mass is 16.6. The zero-order valence-corrected chi connectivity index (χ0v) is 9.67. The number of benzene rings is 1. The number of non-ortho nitro benzene ring substituents is 1. The van der Waals surface area contributed by atoms with E-state index in [9.17, 15) is 10.1 Å². The highest BCUT2D eigenvalue weighted by Gasteiger charge is 2.04. The number of nitro benzene ring substituents is 1. The Morgan fingerprint density at radius 2 is 2.00 bits per heavy atom. The number of rotatable bonds is 5. The van der Waals surface area contributed by atoms with Crippen LogP contribution in [0.4, 0.5) is 11.6 Å². The smallest absolute Gasteiger partial charge is 0.269 e. The number of aryl methyl sites for hydroxylation is 2. The maximum Gasteiger partial charge on any atom is 0.269 e. The number of nitrogens with one attached hydrogen (secondary N) is 1. The van der Waals surface area contributed by atoms with Gasteiger partial charge in [0.15, 0.2) is 0 Å². The second-order valence-corrected chi connectivity index (χ2v) is 3.92. The molecule has 0 aliphatic rings. The first-order chi connectivity index (χ1) is 8.65. The number of nitrogen functional groups attached to an aromatic ring is 1. The Labute approximate surface area is 103 Å². The van der Waals surface area contributed by atoms with Gasteiger partial charge < -0.3 is 5.73 Å². The van der Waals surface area contributed by atoms with E-state index in [-0.39, 0.29) is 11.6 Å². The van der Waals surface area contributed by atoms with Gasteiger partial charge in [-0.05, 0) is 18.4 Å².